The van der Waals surface area contributed by atoms with Gasteiger partial charge in [0, 0.05) is 14.3 Å². The summed E-state index contributed by atoms with van der Waals surface area (Å²) in [7, 11) is 1.70. The van der Waals surface area contributed by atoms with E-state index in [0.717, 1.165) is 17.7 Å². The van der Waals surface area contributed by atoms with Crippen molar-refractivity contribution >= 4 is 32.1 Å². The lowest BCUT2D eigenvalue weighted by Gasteiger charge is -2.16. The molecule has 0 bridgehead atoms. The average molecular weight is 304 g/mol. The van der Waals surface area contributed by atoms with Gasteiger partial charge in [-0.2, -0.15) is 0 Å². The zero-order valence-electron chi connectivity index (χ0n) is 11.1. The Morgan fingerprint density at radius 3 is 2.85 bits per heavy atom. The lowest BCUT2D eigenvalue weighted by Crippen LogP contribution is -2.29. The molecule has 0 aliphatic carbocycles. The Labute approximate surface area is 126 Å². The van der Waals surface area contributed by atoms with Crippen LogP contribution in [-0.4, -0.2) is 7.11 Å². The lowest BCUT2D eigenvalue weighted by atomic mass is 10.0. The molecule has 5 heteroatoms. The summed E-state index contributed by atoms with van der Waals surface area (Å²) in [6.45, 7) is 0. The normalized spacial score (nSPS) is 12.7. The van der Waals surface area contributed by atoms with E-state index in [9.17, 15) is 0 Å². The molecule has 2 aromatic heterocycles. The van der Waals surface area contributed by atoms with Crippen molar-refractivity contribution in [2.24, 2.45) is 5.84 Å². The Morgan fingerprint density at radius 1 is 1.25 bits per heavy atom. The Bertz CT molecular complexity index is 676. The van der Waals surface area contributed by atoms with Gasteiger partial charge in [-0.3, -0.25) is 11.3 Å². The summed E-state index contributed by atoms with van der Waals surface area (Å²) in [5.41, 5.74) is 4.09. The quantitative estimate of drug-likeness (QED) is 0.558. The van der Waals surface area contributed by atoms with Crippen molar-refractivity contribution in [1.82, 2.24) is 5.43 Å². The van der Waals surface area contributed by atoms with Crippen molar-refractivity contribution < 1.29 is 4.74 Å². The molecule has 1 aromatic carbocycles. The van der Waals surface area contributed by atoms with Crippen LogP contribution < -0.4 is 16.0 Å². The number of benzene rings is 1. The maximum absolute atomic E-state index is 5.75. The van der Waals surface area contributed by atoms with Gasteiger partial charge in [0.25, 0.3) is 0 Å². The van der Waals surface area contributed by atoms with Crippen LogP contribution in [0.15, 0.2) is 41.8 Å². The minimum atomic E-state index is 0.107. The largest absolute Gasteiger partial charge is 0.496 e. The second-order valence-corrected chi connectivity index (χ2v) is 6.60. The third kappa shape index (κ3) is 2.58. The molecule has 0 fully saturated rings. The third-order valence-electron chi connectivity index (χ3n) is 3.32. The van der Waals surface area contributed by atoms with Crippen molar-refractivity contribution in [3.05, 3.63) is 52.2 Å². The van der Waals surface area contributed by atoms with Gasteiger partial charge in [-0.05, 0) is 35.6 Å². The predicted molar refractivity (Wildman–Crippen MR) is 86.5 cm³/mol. The molecule has 0 amide bonds. The van der Waals surface area contributed by atoms with E-state index in [0.29, 0.717) is 0 Å². The number of ether oxygens (including phenoxy) is 1. The number of methoxy groups -OCH3 is 1. The first kappa shape index (κ1) is 13.6. The fourth-order valence-electron chi connectivity index (χ4n) is 2.29. The fraction of sp³-hybridized carbons (Fsp3) is 0.200. The highest BCUT2D eigenvalue weighted by molar-refractivity contribution is 7.26. The number of hydrogen-bond donors (Lipinski definition) is 2. The summed E-state index contributed by atoms with van der Waals surface area (Å²) in [5, 5.41) is 2.12. The fourth-order valence-corrected chi connectivity index (χ4v) is 4.47. The average Bonchev–Trinajstić information content (AvgIpc) is 3.06. The van der Waals surface area contributed by atoms with Crippen LogP contribution in [0.5, 0.6) is 5.75 Å². The van der Waals surface area contributed by atoms with Crippen LogP contribution in [0.1, 0.15) is 16.5 Å². The van der Waals surface area contributed by atoms with Gasteiger partial charge in [-0.15, -0.1) is 22.7 Å². The minimum absolute atomic E-state index is 0.107. The summed E-state index contributed by atoms with van der Waals surface area (Å²) < 4.78 is 8.06. The highest BCUT2D eigenvalue weighted by Crippen LogP contribution is 2.35. The van der Waals surface area contributed by atoms with Crippen LogP contribution in [0.25, 0.3) is 9.40 Å². The molecule has 0 saturated carbocycles. The Kier molecular flexibility index (Phi) is 4.03. The number of thiophene rings is 2. The van der Waals surface area contributed by atoms with Crippen LogP contribution in [0.3, 0.4) is 0 Å². The number of hydrazine groups is 1. The third-order valence-corrected chi connectivity index (χ3v) is 5.53. The van der Waals surface area contributed by atoms with Crippen molar-refractivity contribution in [2.45, 2.75) is 12.5 Å². The highest BCUT2D eigenvalue weighted by Gasteiger charge is 2.16. The van der Waals surface area contributed by atoms with Crippen LogP contribution in [0.2, 0.25) is 0 Å². The molecule has 20 heavy (non-hydrogen) atoms. The zero-order valence-corrected chi connectivity index (χ0v) is 12.8. The molecule has 0 spiro atoms. The maximum atomic E-state index is 5.75. The monoisotopic (exact) mass is 304 g/mol. The molecule has 0 aliphatic heterocycles. The van der Waals surface area contributed by atoms with E-state index in [2.05, 4.69) is 29.0 Å². The summed E-state index contributed by atoms with van der Waals surface area (Å²) in [4.78, 5) is 1.26. The molecular formula is C15H16N2OS2. The van der Waals surface area contributed by atoms with Crippen LogP contribution in [0.4, 0.5) is 0 Å². The van der Waals surface area contributed by atoms with Crippen molar-refractivity contribution in [3.63, 3.8) is 0 Å². The van der Waals surface area contributed by atoms with E-state index in [4.69, 9.17) is 10.6 Å². The number of rotatable bonds is 5. The molecular weight excluding hydrogens is 288 g/mol. The predicted octanol–water partition coefficient (Wildman–Crippen LogP) is 3.72. The minimum Gasteiger partial charge on any atom is -0.496 e. The standard InChI is InChI=1S/C15H16N2OS2/c1-18-12-5-3-2-4-10(12)8-11(17-16)14-9-15-13(20-14)6-7-19-15/h2-7,9,11,17H,8,16H2,1H3. The number of hydrogen-bond acceptors (Lipinski definition) is 5. The lowest BCUT2D eigenvalue weighted by molar-refractivity contribution is 0.406. The summed E-state index contributed by atoms with van der Waals surface area (Å²) in [6.07, 6.45) is 0.814. The number of para-hydroxylation sites is 1. The SMILES string of the molecule is COc1ccccc1CC(NN)c1cc2sccc2s1. The first-order valence-corrected chi connectivity index (χ1v) is 8.06. The van der Waals surface area contributed by atoms with Crippen molar-refractivity contribution in [1.29, 1.82) is 0 Å². The summed E-state index contributed by atoms with van der Waals surface area (Å²) in [5.74, 6) is 6.66. The van der Waals surface area contributed by atoms with E-state index in [1.807, 2.05) is 18.2 Å². The Morgan fingerprint density at radius 2 is 2.10 bits per heavy atom. The molecule has 2 heterocycles. The molecule has 0 aliphatic rings. The van der Waals surface area contributed by atoms with Gasteiger partial charge in [0.15, 0.2) is 0 Å². The van der Waals surface area contributed by atoms with Gasteiger partial charge in [-0.25, -0.2) is 0 Å². The van der Waals surface area contributed by atoms with Gasteiger partial charge >= 0.3 is 0 Å². The first-order valence-electron chi connectivity index (χ1n) is 6.36. The maximum Gasteiger partial charge on any atom is 0.122 e. The smallest absolute Gasteiger partial charge is 0.122 e. The van der Waals surface area contributed by atoms with Gasteiger partial charge in [-0.1, -0.05) is 18.2 Å². The van der Waals surface area contributed by atoms with Gasteiger partial charge in [0.1, 0.15) is 5.75 Å². The van der Waals surface area contributed by atoms with Crippen molar-refractivity contribution in [2.75, 3.05) is 7.11 Å². The van der Waals surface area contributed by atoms with E-state index in [1.165, 1.54) is 14.3 Å². The topological polar surface area (TPSA) is 47.3 Å². The van der Waals surface area contributed by atoms with Crippen LogP contribution in [-0.2, 0) is 6.42 Å². The summed E-state index contributed by atoms with van der Waals surface area (Å²) in [6, 6.07) is 12.6. The second kappa shape index (κ2) is 5.93. The molecule has 0 radical (unpaired) electrons. The van der Waals surface area contributed by atoms with Gasteiger partial charge < -0.3 is 4.74 Å². The molecule has 3 N–H and O–H groups in total. The summed E-state index contributed by atoms with van der Waals surface area (Å²) >= 11 is 3.56. The Balaban J connectivity index is 1.88. The molecule has 104 valence electrons. The van der Waals surface area contributed by atoms with Crippen molar-refractivity contribution in [3.8, 4) is 5.75 Å². The molecule has 3 nitrogen and oxygen atoms in total. The van der Waals surface area contributed by atoms with E-state index >= 15 is 0 Å². The molecule has 0 saturated heterocycles. The number of nitrogens with two attached hydrogens (primary N) is 1. The zero-order chi connectivity index (χ0) is 13.9. The molecule has 3 rings (SSSR count). The number of fused-ring (bicyclic) bond motifs is 1. The first-order chi connectivity index (χ1) is 9.81. The van der Waals surface area contributed by atoms with Gasteiger partial charge in [0.05, 0.1) is 13.2 Å². The molecule has 1 unspecified atom stereocenters. The van der Waals surface area contributed by atoms with E-state index in [1.54, 1.807) is 29.8 Å². The van der Waals surface area contributed by atoms with Crippen LogP contribution >= 0.6 is 22.7 Å². The Hall–Kier alpha value is -1.40. The number of nitrogens with one attached hydrogen (secondary N) is 1. The second-order valence-electron chi connectivity index (χ2n) is 4.53. The van der Waals surface area contributed by atoms with E-state index in [-0.39, 0.29) is 6.04 Å². The van der Waals surface area contributed by atoms with Crippen LogP contribution in [0, 0.1) is 0 Å². The molecule has 1 atom stereocenters. The van der Waals surface area contributed by atoms with Gasteiger partial charge in [0.2, 0.25) is 0 Å². The van der Waals surface area contributed by atoms with E-state index < -0.39 is 0 Å². The highest BCUT2D eigenvalue weighted by atomic mass is 32.1. The molecule has 3 aromatic rings.